The molecule has 0 fully saturated rings. The lowest BCUT2D eigenvalue weighted by atomic mass is 9.82. The van der Waals surface area contributed by atoms with Crippen molar-refractivity contribution in [2.24, 2.45) is 0 Å². The number of hydrogen-bond acceptors (Lipinski definition) is 1. The summed E-state index contributed by atoms with van der Waals surface area (Å²) in [6.07, 6.45) is 0. The second-order valence-electron chi connectivity index (χ2n) is 15.4. The molecule has 0 amide bonds. The Labute approximate surface area is 305 Å². The zero-order chi connectivity index (χ0) is 35.2. The smallest absolute Gasteiger partial charge is 0.179 e. The van der Waals surface area contributed by atoms with E-state index in [0.717, 1.165) is 5.69 Å². The van der Waals surface area contributed by atoms with Gasteiger partial charge in [-0.25, -0.2) is 0 Å². The minimum Gasteiger partial charge on any atom is -0.310 e. The van der Waals surface area contributed by atoms with Crippen molar-refractivity contribution in [2.75, 3.05) is 4.90 Å². The fourth-order valence-corrected chi connectivity index (χ4v) is 14.2. The molecule has 7 aromatic carbocycles. The molecule has 0 atom stereocenters. The van der Waals surface area contributed by atoms with E-state index in [-0.39, 0.29) is 5.41 Å². The summed E-state index contributed by atoms with van der Waals surface area (Å²) < 4.78 is 0. The van der Waals surface area contributed by atoms with Gasteiger partial charge in [0.2, 0.25) is 0 Å². The van der Waals surface area contributed by atoms with Gasteiger partial charge < -0.3 is 4.90 Å². The van der Waals surface area contributed by atoms with Crippen molar-refractivity contribution in [3.05, 3.63) is 193 Å². The summed E-state index contributed by atoms with van der Waals surface area (Å²) >= 11 is 0. The van der Waals surface area contributed by atoms with Gasteiger partial charge in [-0.15, -0.1) is 0 Å². The maximum atomic E-state index is 2.45. The third-order valence-corrected chi connectivity index (χ3v) is 17.9. The SMILES string of the molecule is CC1(C)c2ccccc2-c2ccc(N(c3ccc([Si](C)(C)C)cc3)c3ccc([Si](c4ccccc4)(c4ccccc4)c4ccccc4)cc3)cc21. The molecule has 51 heavy (non-hydrogen) atoms. The maximum absolute atomic E-state index is 2.63. The van der Waals surface area contributed by atoms with Gasteiger partial charge in [0, 0.05) is 22.5 Å². The summed E-state index contributed by atoms with van der Waals surface area (Å²) in [6.45, 7) is 12.0. The van der Waals surface area contributed by atoms with Gasteiger partial charge in [-0.1, -0.05) is 184 Å². The molecule has 0 aliphatic heterocycles. The summed E-state index contributed by atoms with van der Waals surface area (Å²) in [5, 5.41) is 6.99. The highest BCUT2D eigenvalue weighted by Gasteiger charge is 2.41. The summed E-state index contributed by atoms with van der Waals surface area (Å²) in [6, 6.07) is 68.4. The fraction of sp³-hybridized carbons (Fsp3) is 0.125. The van der Waals surface area contributed by atoms with Crippen LogP contribution < -0.4 is 30.8 Å². The van der Waals surface area contributed by atoms with Crippen LogP contribution >= 0.6 is 0 Å². The molecule has 0 unspecified atom stereocenters. The Balaban J connectivity index is 1.31. The zero-order valence-electron chi connectivity index (χ0n) is 30.3. The van der Waals surface area contributed by atoms with Crippen LogP contribution in [0.3, 0.4) is 0 Å². The van der Waals surface area contributed by atoms with Gasteiger partial charge in [0.25, 0.3) is 0 Å². The Morgan fingerprint density at radius 3 is 1.25 bits per heavy atom. The first-order valence-electron chi connectivity index (χ1n) is 18.1. The highest BCUT2D eigenvalue weighted by molar-refractivity contribution is 7.19. The molecule has 7 aromatic rings. The van der Waals surface area contributed by atoms with Gasteiger partial charge in [-0.2, -0.15) is 0 Å². The van der Waals surface area contributed by atoms with E-state index in [2.05, 4.69) is 220 Å². The van der Waals surface area contributed by atoms with Gasteiger partial charge >= 0.3 is 0 Å². The summed E-state index contributed by atoms with van der Waals surface area (Å²) in [5.41, 5.74) is 8.91. The topological polar surface area (TPSA) is 3.24 Å². The summed E-state index contributed by atoms with van der Waals surface area (Å²) in [5.74, 6) is 0. The third-order valence-electron chi connectivity index (χ3n) is 11.0. The van der Waals surface area contributed by atoms with Crippen LogP contribution in [0, 0.1) is 0 Å². The molecule has 0 radical (unpaired) electrons. The van der Waals surface area contributed by atoms with Crippen molar-refractivity contribution in [3.63, 3.8) is 0 Å². The number of anilines is 3. The van der Waals surface area contributed by atoms with Crippen molar-refractivity contribution < 1.29 is 0 Å². The van der Waals surface area contributed by atoms with Crippen LogP contribution in [0.1, 0.15) is 25.0 Å². The molecule has 0 spiro atoms. The predicted molar refractivity (Wildman–Crippen MR) is 225 cm³/mol. The monoisotopic (exact) mass is 691 g/mol. The lowest BCUT2D eigenvalue weighted by Crippen LogP contribution is -2.74. The number of benzene rings is 7. The van der Waals surface area contributed by atoms with Crippen LogP contribution in [0.5, 0.6) is 0 Å². The molecule has 0 heterocycles. The lowest BCUT2D eigenvalue weighted by Gasteiger charge is -2.35. The van der Waals surface area contributed by atoms with E-state index in [0.29, 0.717) is 0 Å². The van der Waals surface area contributed by atoms with Crippen molar-refractivity contribution in [1.29, 1.82) is 0 Å². The molecule has 0 saturated carbocycles. The van der Waals surface area contributed by atoms with Crippen molar-refractivity contribution in [2.45, 2.75) is 38.9 Å². The molecule has 0 saturated heterocycles. The first-order valence-corrected chi connectivity index (χ1v) is 23.6. The maximum Gasteiger partial charge on any atom is 0.179 e. The Morgan fingerprint density at radius 2 is 0.765 bits per heavy atom. The summed E-state index contributed by atoms with van der Waals surface area (Å²) in [7, 11) is -4.09. The van der Waals surface area contributed by atoms with Crippen LogP contribution in [-0.2, 0) is 5.41 Å². The largest absolute Gasteiger partial charge is 0.310 e. The molecule has 0 aromatic heterocycles. The van der Waals surface area contributed by atoms with Gasteiger partial charge in [0.15, 0.2) is 8.07 Å². The number of rotatable bonds is 8. The molecule has 250 valence electrons. The summed E-state index contributed by atoms with van der Waals surface area (Å²) in [4.78, 5) is 2.45. The van der Waals surface area contributed by atoms with Gasteiger partial charge in [-0.3, -0.25) is 0 Å². The lowest BCUT2D eigenvalue weighted by molar-refractivity contribution is 0.660. The van der Waals surface area contributed by atoms with Crippen molar-refractivity contribution >= 4 is 59.1 Å². The molecular weight excluding hydrogens is 647 g/mol. The fourth-order valence-electron chi connectivity index (χ4n) is 8.31. The van der Waals surface area contributed by atoms with Gasteiger partial charge in [0.1, 0.15) is 0 Å². The van der Waals surface area contributed by atoms with Crippen LogP contribution in [-0.4, -0.2) is 16.1 Å². The molecule has 3 heteroatoms. The van der Waals surface area contributed by atoms with E-state index in [1.54, 1.807) is 0 Å². The second-order valence-corrected chi connectivity index (χ2v) is 24.3. The molecular formula is C48H45NSi2. The quantitative estimate of drug-likeness (QED) is 0.113. The van der Waals surface area contributed by atoms with Crippen LogP contribution in [0.4, 0.5) is 17.1 Å². The number of nitrogens with zero attached hydrogens (tertiary/aromatic N) is 1. The average Bonchev–Trinajstić information content (AvgIpc) is 3.39. The van der Waals surface area contributed by atoms with E-state index < -0.39 is 16.1 Å². The first kappa shape index (κ1) is 32.9. The van der Waals surface area contributed by atoms with Crippen LogP contribution in [0.2, 0.25) is 19.6 Å². The Hall–Kier alpha value is -5.23. The minimum absolute atomic E-state index is 0.0780. The predicted octanol–water partition coefficient (Wildman–Crippen LogP) is 9.39. The van der Waals surface area contributed by atoms with Crippen LogP contribution in [0.15, 0.2) is 182 Å². The third kappa shape index (κ3) is 5.62. The van der Waals surface area contributed by atoms with E-state index in [1.165, 1.54) is 59.6 Å². The first-order chi connectivity index (χ1) is 24.7. The molecule has 0 bridgehead atoms. The minimum atomic E-state index is -2.63. The Morgan fingerprint density at radius 1 is 0.373 bits per heavy atom. The van der Waals surface area contributed by atoms with Gasteiger partial charge in [-0.05, 0) is 79.4 Å². The molecule has 1 aliphatic carbocycles. The highest BCUT2D eigenvalue weighted by Crippen LogP contribution is 2.50. The average molecular weight is 692 g/mol. The van der Waals surface area contributed by atoms with E-state index in [4.69, 9.17) is 0 Å². The normalized spacial score (nSPS) is 13.4. The van der Waals surface area contributed by atoms with E-state index in [1.807, 2.05) is 0 Å². The highest BCUT2D eigenvalue weighted by atomic mass is 28.3. The van der Waals surface area contributed by atoms with E-state index in [9.17, 15) is 0 Å². The zero-order valence-corrected chi connectivity index (χ0v) is 32.3. The number of fused-ring (bicyclic) bond motifs is 3. The molecule has 1 aliphatic rings. The Kier molecular flexibility index (Phi) is 8.29. The number of hydrogen-bond donors (Lipinski definition) is 0. The second kappa shape index (κ2) is 12.8. The van der Waals surface area contributed by atoms with E-state index >= 15 is 0 Å². The molecule has 8 rings (SSSR count). The standard InChI is InChI=1S/C48H45NSi2/c1-48(2)46-24-16-15-23-44(46)45-34-29-38(35-47(45)48)49(36-25-30-39(31-26-36)50(3,4)5)37-27-32-43(33-28-37)51(40-17-9-6-10-18-40,41-19-11-7-12-20-41)42-21-13-8-14-22-42/h6-35H,1-5H3. The molecule has 0 N–H and O–H groups in total. The molecule has 1 nitrogen and oxygen atoms in total. The van der Waals surface area contributed by atoms with Crippen LogP contribution in [0.25, 0.3) is 11.1 Å². The Bertz CT molecular complexity index is 2190. The van der Waals surface area contributed by atoms with Crippen molar-refractivity contribution in [1.82, 2.24) is 0 Å². The van der Waals surface area contributed by atoms with Crippen molar-refractivity contribution in [3.8, 4) is 11.1 Å². The van der Waals surface area contributed by atoms with Gasteiger partial charge in [0.05, 0.1) is 8.07 Å².